The molecule has 4 N–H and O–H groups in total. The van der Waals surface area contributed by atoms with Crippen LogP contribution in [0.15, 0.2) is 0 Å². The number of carboxylic acid groups (broad SMARTS) is 1. The molecule has 7 heteroatoms. The number of rotatable bonds is 4. The van der Waals surface area contributed by atoms with Gasteiger partial charge in [-0.15, -0.1) is 11.3 Å². The monoisotopic (exact) mass is 297 g/mol. The summed E-state index contributed by atoms with van der Waals surface area (Å²) in [5, 5.41) is 12.4. The highest BCUT2D eigenvalue weighted by Gasteiger charge is 2.24. The molecule has 0 saturated heterocycles. The minimum Gasteiger partial charge on any atom is -0.477 e. The maximum atomic E-state index is 12.0. The zero-order chi connectivity index (χ0) is 14.7. The molecule has 1 aromatic rings. The van der Waals surface area contributed by atoms with Gasteiger partial charge in [0.15, 0.2) is 0 Å². The lowest BCUT2D eigenvalue weighted by Crippen LogP contribution is -2.35. The second-order valence-corrected chi connectivity index (χ2v) is 6.24. The summed E-state index contributed by atoms with van der Waals surface area (Å²) >= 11 is 1.11. The van der Waals surface area contributed by atoms with Gasteiger partial charge in [-0.2, -0.15) is 0 Å². The van der Waals surface area contributed by atoms with Crippen LogP contribution in [0.2, 0.25) is 0 Å². The molecule has 1 aliphatic carbocycles. The van der Waals surface area contributed by atoms with Crippen molar-refractivity contribution in [1.29, 1.82) is 0 Å². The van der Waals surface area contributed by atoms with Gasteiger partial charge >= 0.3 is 5.97 Å². The van der Waals surface area contributed by atoms with Gasteiger partial charge in [-0.05, 0) is 32.6 Å². The molecule has 0 aromatic carbocycles. The number of aryl methyl sites for hydroxylation is 1. The number of nitrogens with zero attached hydrogens (tertiary/aromatic N) is 1. The molecule has 1 fully saturated rings. The Hall–Kier alpha value is -1.47. The SMILES string of the molecule is Cc1nc(CNC(=O)C2CCC(N)CC2)sc1C(=O)O. The van der Waals surface area contributed by atoms with Gasteiger partial charge < -0.3 is 16.2 Å². The van der Waals surface area contributed by atoms with E-state index in [2.05, 4.69) is 10.3 Å². The van der Waals surface area contributed by atoms with Gasteiger partial charge in [0.25, 0.3) is 0 Å². The fourth-order valence-corrected chi connectivity index (χ4v) is 3.26. The molecule has 20 heavy (non-hydrogen) atoms. The summed E-state index contributed by atoms with van der Waals surface area (Å²) in [6.07, 6.45) is 3.42. The van der Waals surface area contributed by atoms with Crippen molar-refractivity contribution >= 4 is 23.2 Å². The van der Waals surface area contributed by atoms with E-state index < -0.39 is 5.97 Å². The van der Waals surface area contributed by atoms with Crippen LogP contribution in [0.1, 0.15) is 46.1 Å². The number of thiazole rings is 1. The minimum absolute atomic E-state index is 0.0154. The van der Waals surface area contributed by atoms with Gasteiger partial charge in [0.2, 0.25) is 5.91 Å². The predicted octanol–water partition coefficient (Wildman–Crippen LogP) is 1.28. The number of carbonyl (C=O) groups excluding carboxylic acids is 1. The standard InChI is InChI=1S/C13H19N3O3S/c1-7-11(13(18)19)20-10(16-7)6-15-12(17)8-2-4-9(14)5-3-8/h8-9H,2-6,14H2,1H3,(H,15,17)(H,18,19). The molecule has 0 atom stereocenters. The van der Waals surface area contributed by atoms with Crippen molar-refractivity contribution in [3.8, 4) is 0 Å². The molecular formula is C13H19N3O3S. The summed E-state index contributed by atoms with van der Waals surface area (Å²) in [6, 6.07) is 0.221. The summed E-state index contributed by atoms with van der Waals surface area (Å²) < 4.78 is 0. The van der Waals surface area contributed by atoms with Gasteiger partial charge in [-0.25, -0.2) is 9.78 Å². The van der Waals surface area contributed by atoms with E-state index in [0.717, 1.165) is 37.0 Å². The Balaban J connectivity index is 1.87. The third kappa shape index (κ3) is 3.55. The van der Waals surface area contributed by atoms with Gasteiger partial charge in [-0.3, -0.25) is 4.79 Å². The van der Waals surface area contributed by atoms with E-state index in [1.807, 2.05) is 0 Å². The Morgan fingerprint density at radius 2 is 2.05 bits per heavy atom. The first-order valence-electron chi connectivity index (χ1n) is 6.70. The van der Waals surface area contributed by atoms with Crippen LogP contribution in [0, 0.1) is 12.8 Å². The second-order valence-electron chi connectivity index (χ2n) is 5.16. The van der Waals surface area contributed by atoms with Crippen molar-refractivity contribution in [2.75, 3.05) is 0 Å². The summed E-state index contributed by atoms with van der Waals surface area (Å²) in [4.78, 5) is 27.3. The molecule has 6 nitrogen and oxygen atoms in total. The fourth-order valence-electron chi connectivity index (χ4n) is 2.41. The van der Waals surface area contributed by atoms with Gasteiger partial charge in [0.1, 0.15) is 9.88 Å². The highest BCUT2D eigenvalue weighted by molar-refractivity contribution is 7.13. The predicted molar refractivity (Wildman–Crippen MR) is 75.6 cm³/mol. The molecule has 1 amide bonds. The number of carboxylic acids is 1. The number of aromatic nitrogens is 1. The molecule has 0 radical (unpaired) electrons. The summed E-state index contributed by atoms with van der Waals surface area (Å²) in [5.74, 6) is -0.935. The molecule has 0 spiro atoms. The highest BCUT2D eigenvalue weighted by Crippen LogP contribution is 2.23. The van der Waals surface area contributed by atoms with Crippen molar-refractivity contribution in [2.45, 2.75) is 45.2 Å². The third-order valence-electron chi connectivity index (χ3n) is 3.59. The number of carbonyl (C=O) groups is 2. The van der Waals surface area contributed by atoms with E-state index in [9.17, 15) is 9.59 Å². The number of aromatic carboxylic acids is 1. The van der Waals surface area contributed by atoms with E-state index >= 15 is 0 Å². The van der Waals surface area contributed by atoms with Crippen LogP contribution < -0.4 is 11.1 Å². The van der Waals surface area contributed by atoms with E-state index in [1.165, 1.54) is 0 Å². The average Bonchev–Trinajstić information content (AvgIpc) is 2.78. The Morgan fingerprint density at radius 1 is 1.40 bits per heavy atom. The van der Waals surface area contributed by atoms with Gasteiger partial charge in [0.05, 0.1) is 12.2 Å². The molecule has 1 aliphatic rings. The number of nitrogens with two attached hydrogens (primary N) is 1. The maximum absolute atomic E-state index is 12.0. The van der Waals surface area contributed by atoms with Gasteiger partial charge in [0, 0.05) is 12.0 Å². The van der Waals surface area contributed by atoms with Crippen molar-refractivity contribution < 1.29 is 14.7 Å². The fraction of sp³-hybridized carbons (Fsp3) is 0.615. The number of hydrogen-bond donors (Lipinski definition) is 3. The number of hydrogen-bond acceptors (Lipinski definition) is 5. The third-order valence-corrected chi connectivity index (χ3v) is 4.74. The first-order chi connectivity index (χ1) is 9.47. The van der Waals surface area contributed by atoms with E-state index in [0.29, 0.717) is 17.2 Å². The molecule has 0 aliphatic heterocycles. The van der Waals surface area contributed by atoms with Crippen molar-refractivity contribution in [3.05, 3.63) is 15.6 Å². The topological polar surface area (TPSA) is 105 Å². The molecule has 2 rings (SSSR count). The molecule has 1 heterocycles. The zero-order valence-corrected chi connectivity index (χ0v) is 12.2. The molecular weight excluding hydrogens is 278 g/mol. The largest absolute Gasteiger partial charge is 0.477 e. The van der Waals surface area contributed by atoms with Gasteiger partial charge in [-0.1, -0.05) is 0 Å². The molecule has 0 unspecified atom stereocenters. The summed E-state index contributed by atoms with van der Waals surface area (Å²) in [7, 11) is 0. The first-order valence-corrected chi connectivity index (χ1v) is 7.52. The molecule has 1 saturated carbocycles. The molecule has 1 aromatic heterocycles. The van der Waals surface area contributed by atoms with Crippen molar-refractivity contribution in [3.63, 3.8) is 0 Å². The Kier molecular flexibility index (Phi) is 4.72. The average molecular weight is 297 g/mol. The minimum atomic E-state index is -0.973. The van der Waals surface area contributed by atoms with Crippen LogP contribution in [0.4, 0.5) is 0 Å². The lowest BCUT2D eigenvalue weighted by atomic mass is 9.86. The first kappa shape index (κ1) is 14.9. The van der Waals surface area contributed by atoms with Crippen LogP contribution in [0.5, 0.6) is 0 Å². The van der Waals surface area contributed by atoms with Crippen molar-refractivity contribution in [2.24, 2.45) is 11.7 Å². The molecule has 110 valence electrons. The lowest BCUT2D eigenvalue weighted by Gasteiger charge is -2.24. The normalized spacial score (nSPS) is 22.5. The van der Waals surface area contributed by atoms with E-state index in [1.54, 1.807) is 6.92 Å². The second kappa shape index (κ2) is 6.32. The Morgan fingerprint density at radius 3 is 2.60 bits per heavy atom. The van der Waals surface area contributed by atoms with E-state index in [4.69, 9.17) is 10.8 Å². The Labute approximate surface area is 121 Å². The van der Waals surface area contributed by atoms with Crippen LogP contribution in [0.25, 0.3) is 0 Å². The number of amides is 1. The smallest absolute Gasteiger partial charge is 0.347 e. The summed E-state index contributed by atoms with van der Waals surface area (Å²) in [5.41, 5.74) is 6.31. The Bertz CT molecular complexity index is 507. The van der Waals surface area contributed by atoms with Crippen LogP contribution in [-0.2, 0) is 11.3 Å². The number of nitrogens with one attached hydrogen (secondary N) is 1. The summed E-state index contributed by atoms with van der Waals surface area (Å²) in [6.45, 7) is 1.95. The quantitative estimate of drug-likeness (QED) is 0.776. The van der Waals surface area contributed by atoms with Crippen LogP contribution >= 0.6 is 11.3 Å². The lowest BCUT2D eigenvalue weighted by molar-refractivity contribution is -0.126. The van der Waals surface area contributed by atoms with Crippen LogP contribution in [-0.4, -0.2) is 28.0 Å². The zero-order valence-electron chi connectivity index (χ0n) is 11.4. The van der Waals surface area contributed by atoms with Crippen LogP contribution in [0.3, 0.4) is 0 Å². The molecule has 0 bridgehead atoms. The highest BCUT2D eigenvalue weighted by atomic mass is 32.1. The van der Waals surface area contributed by atoms with E-state index in [-0.39, 0.29) is 22.7 Å². The maximum Gasteiger partial charge on any atom is 0.347 e. The van der Waals surface area contributed by atoms with Crippen molar-refractivity contribution in [1.82, 2.24) is 10.3 Å².